The molecule has 0 spiro atoms. The van der Waals surface area contributed by atoms with E-state index in [4.69, 9.17) is 5.11 Å². The van der Waals surface area contributed by atoms with Gasteiger partial charge in [-0.15, -0.1) is 0 Å². The number of hydrogen-bond donors (Lipinski definition) is 1. The van der Waals surface area contributed by atoms with Crippen molar-refractivity contribution < 1.29 is 22.7 Å². The Morgan fingerprint density at radius 3 is 2.37 bits per heavy atom. The highest BCUT2D eigenvalue weighted by molar-refractivity contribution is 5.68. The van der Waals surface area contributed by atoms with Gasteiger partial charge in [0, 0.05) is 0 Å². The zero-order valence-electron chi connectivity index (χ0n) is 9.71. The molecule has 0 saturated heterocycles. The largest absolute Gasteiger partial charge is 0.416 e. The molecule has 0 saturated carbocycles. The van der Waals surface area contributed by atoms with Gasteiger partial charge in [-0.1, -0.05) is 18.2 Å². The molecule has 0 amide bonds. The molecule has 0 fully saturated rings. The first-order chi connectivity index (χ1) is 8.91. The summed E-state index contributed by atoms with van der Waals surface area (Å²) in [6.07, 6.45) is -4.44. The first kappa shape index (κ1) is 13.5. The quantitative estimate of drug-likeness (QED) is 0.818. The van der Waals surface area contributed by atoms with E-state index in [9.17, 15) is 17.6 Å². The second-order valence-corrected chi connectivity index (χ2v) is 4.04. The van der Waals surface area contributed by atoms with Gasteiger partial charge in [-0.2, -0.15) is 13.2 Å². The first-order valence-electron chi connectivity index (χ1n) is 5.49. The minimum atomic E-state index is -4.44. The third kappa shape index (κ3) is 2.93. The Kier molecular flexibility index (Phi) is 3.57. The molecule has 5 heteroatoms. The zero-order chi connectivity index (χ0) is 14.0. The van der Waals surface area contributed by atoms with Gasteiger partial charge < -0.3 is 5.11 Å². The molecule has 0 atom stereocenters. The van der Waals surface area contributed by atoms with Crippen LogP contribution in [0.5, 0.6) is 0 Å². The lowest BCUT2D eigenvalue weighted by Gasteiger charge is -2.11. The molecule has 0 aromatic heterocycles. The lowest BCUT2D eigenvalue weighted by molar-refractivity contribution is -0.137. The van der Waals surface area contributed by atoms with E-state index in [0.717, 1.165) is 24.3 Å². The SMILES string of the molecule is OCc1cc(F)ccc1-c1cccc(C(F)(F)F)c1. The maximum Gasteiger partial charge on any atom is 0.416 e. The first-order valence-corrected chi connectivity index (χ1v) is 5.49. The van der Waals surface area contributed by atoms with Crippen LogP contribution in [0.25, 0.3) is 11.1 Å². The fourth-order valence-corrected chi connectivity index (χ4v) is 1.84. The van der Waals surface area contributed by atoms with Crippen LogP contribution in [0.15, 0.2) is 42.5 Å². The van der Waals surface area contributed by atoms with Crippen molar-refractivity contribution in [1.82, 2.24) is 0 Å². The van der Waals surface area contributed by atoms with E-state index < -0.39 is 24.2 Å². The van der Waals surface area contributed by atoms with Gasteiger partial charge >= 0.3 is 6.18 Å². The number of alkyl halides is 3. The molecular formula is C14H10F4O. The van der Waals surface area contributed by atoms with Crippen molar-refractivity contribution in [1.29, 1.82) is 0 Å². The highest BCUT2D eigenvalue weighted by atomic mass is 19.4. The van der Waals surface area contributed by atoms with E-state index in [-0.39, 0.29) is 5.56 Å². The van der Waals surface area contributed by atoms with Gasteiger partial charge in [-0.25, -0.2) is 4.39 Å². The van der Waals surface area contributed by atoms with E-state index in [1.165, 1.54) is 18.2 Å². The summed E-state index contributed by atoms with van der Waals surface area (Å²) in [6, 6.07) is 8.32. The monoisotopic (exact) mass is 270 g/mol. The fourth-order valence-electron chi connectivity index (χ4n) is 1.84. The van der Waals surface area contributed by atoms with Crippen LogP contribution in [0, 0.1) is 5.82 Å². The Labute approximate surface area is 107 Å². The van der Waals surface area contributed by atoms with Gasteiger partial charge in [-0.05, 0) is 41.0 Å². The highest BCUT2D eigenvalue weighted by Crippen LogP contribution is 2.33. The van der Waals surface area contributed by atoms with Crippen molar-refractivity contribution in [2.75, 3.05) is 0 Å². The van der Waals surface area contributed by atoms with Gasteiger partial charge in [0.1, 0.15) is 5.82 Å². The van der Waals surface area contributed by atoms with Gasteiger partial charge in [-0.3, -0.25) is 0 Å². The second-order valence-electron chi connectivity index (χ2n) is 4.04. The third-order valence-electron chi connectivity index (χ3n) is 2.74. The second kappa shape index (κ2) is 5.01. The summed E-state index contributed by atoms with van der Waals surface area (Å²) in [5.41, 5.74) is 0.145. The molecule has 1 N–H and O–H groups in total. The van der Waals surface area contributed by atoms with Crippen LogP contribution in [0.4, 0.5) is 17.6 Å². The van der Waals surface area contributed by atoms with Crippen LogP contribution in [-0.4, -0.2) is 5.11 Å². The molecule has 0 radical (unpaired) electrons. The Hall–Kier alpha value is -1.88. The molecule has 2 rings (SSSR count). The number of halogens is 4. The van der Waals surface area contributed by atoms with Crippen molar-refractivity contribution in [3.63, 3.8) is 0 Å². The lowest BCUT2D eigenvalue weighted by Crippen LogP contribution is -2.04. The Balaban J connectivity index is 2.53. The average molecular weight is 270 g/mol. The Morgan fingerprint density at radius 1 is 1.00 bits per heavy atom. The van der Waals surface area contributed by atoms with Gasteiger partial charge in [0.2, 0.25) is 0 Å². The third-order valence-corrected chi connectivity index (χ3v) is 2.74. The van der Waals surface area contributed by atoms with Crippen LogP contribution in [0.1, 0.15) is 11.1 Å². The molecule has 1 nitrogen and oxygen atoms in total. The summed E-state index contributed by atoms with van der Waals surface area (Å²) in [5, 5.41) is 9.14. The molecule has 0 unspecified atom stereocenters. The zero-order valence-corrected chi connectivity index (χ0v) is 9.71. The number of aliphatic hydroxyl groups is 1. The van der Waals surface area contributed by atoms with E-state index in [1.54, 1.807) is 0 Å². The molecule has 0 bridgehead atoms. The van der Waals surface area contributed by atoms with E-state index in [2.05, 4.69) is 0 Å². The molecule has 0 aliphatic rings. The molecule has 19 heavy (non-hydrogen) atoms. The predicted octanol–water partition coefficient (Wildman–Crippen LogP) is 4.00. The molecule has 0 aliphatic heterocycles. The van der Waals surface area contributed by atoms with Crippen molar-refractivity contribution in [2.45, 2.75) is 12.8 Å². The van der Waals surface area contributed by atoms with E-state index >= 15 is 0 Å². The van der Waals surface area contributed by atoms with Crippen molar-refractivity contribution in [3.8, 4) is 11.1 Å². The topological polar surface area (TPSA) is 20.2 Å². The van der Waals surface area contributed by atoms with Crippen molar-refractivity contribution >= 4 is 0 Å². The highest BCUT2D eigenvalue weighted by Gasteiger charge is 2.30. The Bertz CT molecular complexity index is 590. The van der Waals surface area contributed by atoms with Crippen LogP contribution < -0.4 is 0 Å². The van der Waals surface area contributed by atoms with Crippen LogP contribution >= 0.6 is 0 Å². The van der Waals surface area contributed by atoms with Crippen LogP contribution in [0.2, 0.25) is 0 Å². The normalized spacial score (nSPS) is 11.6. The van der Waals surface area contributed by atoms with Crippen LogP contribution in [0.3, 0.4) is 0 Å². The number of aliphatic hydroxyl groups excluding tert-OH is 1. The maximum atomic E-state index is 13.0. The molecule has 2 aromatic rings. The maximum absolute atomic E-state index is 13.0. The van der Waals surface area contributed by atoms with Gasteiger partial charge in [0.15, 0.2) is 0 Å². The molecular weight excluding hydrogens is 260 g/mol. The summed E-state index contributed by atoms with van der Waals surface area (Å²) < 4.78 is 50.9. The minimum absolute atomic E-state index is 0.249. The lowest BCUT2D eigenvalue weighted by atomic mass is 9.98. The fraction of sp³-hybridized carbons (Fsp3) is 0.143. The smallest absolute Gasteiger partial charge is 0.392 e. The summed E-state index contributed by atoms with van der Waals surface area (Å²) in [4.78, 5) is 0. The summed E-state index contributed by atoms with van der Waals surface area (Å²) in [7, 11) is 0. The average Bonchev–Trinajstić information content (AvgIpc) is 2.37. The molecule has 100 valence electrons. The molecule has 0 aliphatic carbocycles. The standard InChI is InChI=1S/C14H10F4O/c15-12-4-5-13(10(7-12)8-19)9-2-1-3-11(6-9)14(16,17)18/h1-7,19H,8H2. The van der Waals surface area contributed by atoms with Crippen LogP contribution in [-0.2, 0) is 12.8 Å². The predicted molar refractivity (Wildman–Crippen MR) is 62.8 cm³/mol. The number of hydrogen-bond acceptors (Lipinski definition) is 1. The Morgan fingerprint density at radius 2 is 1.74 bits per heavy atom. The molecule has 2 aromatic carbocycles. The van der Waals surface area contributed by atoms with Crippen molar-refractivity contribution in [2.24, 2.45) is 0 Å². The van der Waals surface area contributed by atoms with E-state index in [0.29, 0.717) is 11.1 Å². The van der Waals surface area contributed by atoms with E-state index in [1.807, 2.05) is 0 Å². The van der Waals surface area contributed by atoms with Gasteiger partial charge in [0.05, 0.1) is 12.2 Å². The van der Waals surface area contributed by atoms with Gasteiger partial charge in [0.25, 0.3) is 0 Å². The number of rotatable bonds is 2. The minimum Gasteiger partial charge on any atom is -0.392 e. The summed E-state index contributed by atoms with van der Waals surface area (Å²) >= 11 is 0. The number of benzene rings is 2. The summed E-state index contributed by atoms with van der Waals surface area (Å²) in [5.74, 6) is -0.542. The summed E-state index contributed by atoms with van der Waals surface area (Å²) in [6.45, 7) is -0.441. The van der Waals surface area contributed by atoms with Crippen molar-refractivity contribution in [3.05, 3.63) is 59.4 Å². The molecule has 0 heterocycles.